The number of thioether (sulfide) groups is 1. The normalized spacial score (nSPS) is 20.9. The van der Waals surface area contributed by atoms with E-state index in [-0.39, 0.29) is 0 Å². The number of hydrogen-bond donors (Lipinski definition) is 1. The van der Waals surface area contributed by atoms with E-state index in [1.807, 2.05) is 0 Å². The fourth-order valence-electron chi connectivity index (χ4n) is 1.65. The van der Waals surface area contributed by atoms with Crippen molar-refractivity contribution < 1.29 is 0 Å². The Morgan fingerprint density at radius 3 is 2.77 bits per heavy atom. The fourth-order valence-corrected chi connectivity index (χ4v) is 2.76. The Labute approximate surface area is 86.1 Å². The monoisotopic (exact) mass is 197 g/mol. The van der Waals surface area contributed by atoms with Gasteiger partial charge in [-0.1, -0.05) is 19.3 Å². The molecule has 0 amide bonds. The van der Waals surface area contributed by atoms with Crippen molar-refractivity contribution in [3.63, 3.8) is 0 Å². The molecule has 0 saturated carbocycles. The molecule has 0 bridgehead atoms. The van der Waals surface area contributed by atoms with Crippen LogP contribution in [0.3, 0.4) is 0 Å². The maximum absolute atomic E-state index is 5.46. The molecule has 1 N–H and O–H groups in total. The summed E-state index contributed by atoms with van der Waals surface area (Å²) in [6.07, 6.45) is 10.3. The second kappa shape index (κ2) is 6.34. The SMILES string of the molecule is C#CC(CCC)NC1CCSCC1. The van der Waals surface area contributed by atoms with Crippen molar-refractivity contribution >= 4 is 11.8 Å². The van der Waals surface area contributed by atoms with Gasteiger partial charge in [0.2, 0.25) is 0 Å². The average molecular weight is 197 g/mol. The third-order valence-corrected chi connectivity index (χ3v) is 3.49. The molecule has 13 heavy (non-hydrogen) atoms. The minimum absolute atomic E-state index is 0.304. The number of terminal acetylenes is 1. The molecule has 0 aliphatic carbocycles. The lowest BCUT2D eigenvalue weighted by Gasteiger charge is -2.25. The van der Waals surface area contributed by atoms with Gasteiger partial charge in [-0.2, -0.15) is 11.8 Å². The molecule has 1 aliphatic heterocycles. The first-order valence-electron chi connectivity index (χ1n) is 5.16. The molecule has 1 saturated heterocycles. The van der Waals surface area contributed by atoms with E-state index in [0.29, 0.717) is 12.1 Å². The summed E-state index contributed by atoms with van der Waals surface area (Å²) in [5.41, 5.74) is 0. The van der Waals surface area contributed by atoms with Crippen molar-refractivity contribution in [2.75, 3.05) is 11.5 Å². The fraction of sp³-hybridized carbons (Fsp3) is 0.818. The van der Waals surface area contributed by atoms with E-state index in [1.165, 1.54) is 30.8 Å². The van der Waals surface area contributed by atoms with Crippen molar-refractivity contribution in [1.29, 1.82) is 0 Å². The minimum Gasteiger partial charge on any atom is -0.301 e. The zero-order valence-electron chi connectivity index (χ0n) is 8.38. The summed E-state index contributed by atoms with van der Waals surface area (Å²) < 4.78 is 0. The molecule has 2 heteroatoms. The smallest absolute Gasteiger partial charge is 0.0688 e. The van der Waals surface area contributed by atoms with Gasteiger partial charge in [-0.25, -0.2) is 0 Å². The van der Waals surface area contributed by atoms with E-state index in [2.05, 4.69) is 29.9 Å². The van der Waals surface area contributed by atoms with Crippen LogP contribution in [0.1, 0.15) is 32.6 Å². The molecule has 74 valence electrons. The van der Waals surface area contributed by atoms with Crippen LogP contribution in [0.4, 0.5) is 0 Å². The lowest BCUT2D eigenvalue weighted by atomic mass is 10.1. The van der Waals surface area contributed by atoms with Crippen molar-refractivity contribution in [2.45, 2.75) is 44.7 Å². The Morgan fingerprint density at radius 1 is 1.54 bits per heavy atom. The molecule has 0 aromatic rings. The van der Waals surface area contributed by atoms with Gasteiger partial charge in [0.15, 0.2) is 0 Å². The summed E-state index contributed by atoms with van der Waals surface area (Å²) in [6.45, 7) is 2.18. The summed E-state index contributed by atoms with van der Waals surface area (Å²) in [7, 11) is 0. The van der Waals surface area contributed by atoms with Crippen LogP contribution >= 0.6 is 11.8 Å². The Bertz CT molecular complexity index is 167. The maximum atomic E-state index is 5.46. The minimum atomic E-state index is 0.304. The van der Waals surface area contributed by atoms with Crippen LogP contribution in [0, 0.1) is 12.3 Å². The van der Waals surface area contributed by atoms with Gasteiger partial charge in [0, 0.05) is 6.04 Å². The average Bonchev–Trinajstić information content (AvgIpc) is 2.19. The molecule has 1 unspecified atom stereocenters. The molecular formula is C11H19NS. The van der Waals surface area contributed by atoms with Crippen LogP contribution in [-0.2, 0) is 0 Å². The van der Waals surface area contributed by atoms with E-state index in [1.54, 1.807) is 0 Å². The topological polar surface area (TPSA) is 12.0 Å². The molecule has 0 spiro atoms. The maximum Gasteiger partial charge on any atom is 0.0688 e. The van der Waals surface area contributed by atoms with Gasteiger partial charge in [0.1, 0.15) is 0 Å². The van der Waals surface area contributed by atoms with Crippen molar-refractivity contribution in [3.8, 4) is 12.3 Å². The Kier molecular flexibility index (Phi) is 5.34. The standard InChI is InChI=1S/C11H19NS/c1-3-5-10(4-2)12-11-6-8-13-9-7-11/h2,10-12H,3,5-9H2,1H3. The third kappa shape index (κ3) is 4.06. The Balaban J connectivity index is 2.24. The molecule has 1 heterocycles. The highest BCUT2D eigenvalue weighted by Gasteiger charge is 2.15. The lowest BCUT2D eigenvalue weighted by Crippen LogP contribution is -2.39. The predicted molar refractivity (Wildman–Crippen MR) is 61.0 cm³/mol. The summed E-state index contributed by atoms with van der Waals surface area (Å²) in [6, 6.07) is 0.979. The van der Waals surface area contributed by atoms with E-state index >= 15 is 0 Å². The van der Waals surface area contributed by atoms with Gasteiger partial charge >= 0.3 is 0 Å². The van der Waals surface area contributed by atoms with Crippen LogP contribution in [0.5, 0.6) is 0 Å². The summed E-state index contributed by atoms with van der Waals surface area (Å²) >= 11 is 2.06. The van der Waals surface area contributed by atoms with Crippen molar-refractivity contribution in [2.24, 2.45) is 0 Å². The molecule has 1 nitrogen and oxygen atoms in total. The highest BCUT2D eigenvalue weighted by Crippen LogP contribution is 2.17. The van der Waals surface area contributed by atoms with Gasteiger partial charge in [-0.05, 0) is 30.8 Å². The number of rotatable bonds is 4. The summed E-state index contributed by atoms with van der Waals surface area (Å²) in [4.78, 5) is 0. The third-order valence-electron chi connectivity index (χ3n) is 2.44. The quantitative estimate of drug-likeness (QED) is 0.694. The first kappa shape index (κ1) is 10.9. The Morgan fingerprint density at radius 2 is 2.23 bits per heavy atom. The van der Waals surface area contributed by atoms with Crippen LogP contribution in [-0.4, -0.2) is 23.6 Å². The Hall–Kier alpha value is -0.130. The molecule has 1 fully saturated rings. The molecule has 1 rings (SSSR count). The van der Waals surface area contributed by atoms with Crippen LogP contribution in [0.2, 0.25) is 0 Å². The van der Waals surface area contributed by atoms with E-state index in [9.17, 15) is 0 Å². The molecule has 1 atom stereocenters. The van der Waals surface area contributed by atoms with Gasteiger partial charge < -0.3 is 5.32 Å². The summed E-state index contributed by atoms with van der Waals surface area (Å²) in [5.74, 6) is 5.42. The zero-order valence-corrected chi connectivity index (χ0v) is 9.20. The lowest BCUT2D eigenvalue weighted by molar-refractivity contribution is 0.436. The second-order valence-electron chi connectivity index (χ2n) is 3.56. The molecule has 1 aliphatic rings. The van der Waals surface area contributed by atoms with Gasteiger partial charge in [-0.15, -0.1) is 6.42 Å². The zero-order chi connectivity index (χ0) is 9.52. The van der Waals surface area contributed by atoms with E-state index in [4.69, 9.17) is 6.42 Å². The molecule has 0 aromatic carbocycles. The second-order valence-corrected chi connectivity index (χ2v) is 4.79. The van der Waals surface area contributed by atoms with Gasteiger partial charge in [0.05, 0.1) is 6.04 Å². The van der Waals surface area contributed by atoms with Crippen LogP contribution in [0.25, 0.3) is 0 Å². The molecule has 0 radical (unpaired) electrons. The highest BCUT2D eigenvalue weighted by atomic mass is 32.2. The van der Waals surface area contributed by atoms with Crippen LogP contribution < -0.4 is 5.32 Å². The largest absolute Gasteiger partial charge is 0.301 e. The first-order chi connectivity index (χ1) is 6.36. The molecular weight excluding hydrogens is 178 g/mol. The number of nitrogens with one attached hydrogen (secondary N) is 1. The predicted octanol–water partition coefficient (Wildman–Crippen LogP) is 2.27. The van der Waals surface area contributed by atoms with Crippen LogP contribution in [0.15, 0.2) is 0 Å². The summed E-state index contributed by atoms with van der Waals surface area (Å²) in [5, 5.41) is 3.56. The van der Waals surface area contributed by atoms with Gasteiger partial charge in [0.25, 0.3) is 0 Å². The highest BCUT2D eigenvalue weighted by molar-refractivity contribution is 7.99. The first-order valence-corrected chi connectivity index (χ1v) is 6.32. The molecule has 0 aromatic heterocycles. The van der Waals surface area contributed by atoms with Crippen molar-refractivity contribution in [1.82, 2.24) is 5.32 Å². The van der Waals surface area contributed by atoms with E-state index < -0.39 is 0 Å². The van der Waals surface area contributed by atoms with Gasteiger partial charge in [-0.3, -0.25) is 0 Å². The van der Waals surface area contributed by atoms with E-state index in [0.717, 1.165) is 6.42 Å². The number of hydrogen-bond acceptors (Lipinski definition) is 2. The van der Waals surface area contributed by atoms with Crippen molar-refractivity contribution in [3.05, 3.63) is 0 Å².